The van der Waals surface area contributed by atoms with Gasteiger partial charge in [0.1, 0.15) is 5.60 Å². The molecule has 2 fully saturated rings. The minimum atomic E-state index is -0.520. The van der Waals surface area contributed by atoms with E-state index in [0.717, 1.165) is 30.0 Å². The lowest BCUT2D eigenvalue weighted by Crippen LogP contribution is -2.55. The van der Waals surface area contributed by atoms with Crippen molar-refractivity contribution < 1.29 is 14.3 Å². The highest BCUT2D eigenvalue weighted by Gasteiger charge is 2.53. The predicted octanol–water partition coefficient (Wildman–Crippen LogP) is 4.36. The molecule has 4 rings (SSSR count). The summed E-state index contributed by atoms with van der Waals surface area (Å²) in [6, 6.07) is 13.7. The number of piperidine rings is 1. The third kappa shape index (κ3) is 3.71. The van der Waals surface area contributed by atoms with Crippen molar-refractivity contribution in [1.29, 1.82) is 0 Å². The molecule has 2 amide bonds. The molecule has 1 saturated carbocycles. The Balaban J connectivity index is 1.52. The third-order valence-corrected chi connectivity index (χ3v) is 5.91. The molecule has 1 saturated heterocycles. The topological polar surface area (TPSA) is 58.6 Å². The number of nitrogens with one attached hydrogen (secondary N) is 1. The van der Waals surface area contributed by atoms with E-state index in [1.54, 1.807) is 4.90 Å². The molecule has 1 unspecified atom stereocenters. The van der Waals surface area contributed by atoms with Crippen LogP contribution < -0.4 is 5.32 Å². The molecule has 1 N–H and O–H groups in total. The van der Waals surface area contributed by atoms with Crippen molar-refractivity contribution in [3.8, 4) is 0 Å². The van der Waals surface area contributed by atoms with Crippen molar-refractivity contribution in [3.05, 3.63) is 48.0 Å². The number of hydrogen-bond acceptors (Lipinski definition) is 3. The van der Waals surface area contributed by atoms with Crippen LogP contribution in [0.4, 0.5) is 4.79 Å². The van der Waals surface area contributed by atoms with Crippen molar-refractivity contribution in [2.45, 2.75) is 51.7 Å². The molecule has 2 aliphatic rings. The molecule has 1 atom stereocenters. The summed E-state index contributed by atoms with van der Waals surface area (Å²) in [7, 11) is 0. The Labute approximate surface area is 166 Å². The molecule has 0 bridgehead atoms. The van der Waals surface area contributed by atoms with E-state index in [-0.39, 0.29) is 23.5 Å². The van der Waals surface area contributed by atoms with E-state index < -0.39 is 5.60 Å². The number of fused-ring (bicyclic) bond motifs is 1. The summed E-state index contributed by atoms with van der Waals surface area (Å²) in [5.74, 6) is -0.0703. The fourth-order valence-corrected chi connectivity index (χ4v) is 4.15. The average molecular weight is 380 g/mol. The predicted molar refractivity (Wildman–Crippen MR) is 109 cm³/mol. The molecule has 2 aromatic carbocycles. The minimum absolute atomic E-state index is 0.0414. The van der Waals surface area contributed by atoms with Crippen LogP contribution in [0.3, 0.4) is 0 Å². The fourth-order valence-electron chi connectivity index (χ4n) is 4.15. The van der Waals surface area contributed by atoms with Crippen molar-refractivity contribution in [3.63, 3.8) is 0 Å². The van der Waals surface area contributed by atoms with Crippen molar-refractivity contribution in [2.75, 3.05) is 13.1 Å². The maximum Gasteiger partial charge on any atom is 0.410 e. The van der Waals surface area contributed by atoms with Crippen LogP contribution >= 0.6 is 0 Å². The first-order chi connectivity index (χ1) is 13.3. The molecule has 2 aromatic rings. The summed E-state index contributed by atoms with van der Waals surface area (Å²) < 4.78 is 5.54. The number of benzene rings is 2. The fraction of sp³-hybridized carbons (Fsp3) is 0.478. The maximum absolute atomic E-state index is 13.1. The Morgan fingerprint density at radius 1 is 1.07 bits per heavy atom. The number of rotatable bonds is 2. The summed E-state index contributed by atoms with van der Waals surface area (Å²) in [6.45, 7) is 6.81. The highest BCUT2D eigenvalue weighted by molar-refractivity contribution is 6.07. The second-order valence-corrected chi connectivity index (χ2v) is 9.09. The van der Waals surface area contributed by atoms with Crippen LogP contribution in [-0.2, 0) is 4.74 Å². The van der Waals surface area contributed by atoms with Gasteiger partial charge in [-0.2, -0.15) is 0 Å². The van der Waals surface area contributed by atoms with Crippen LogP contribution in [0.25, 0.3) is 10.8 Å². The molecule has 28 heavy (non-hydrogen) atoms. The molecular weight excluding hydrogens is 352 g/mol. The number of carbonyl (C=O) groups excluding carboxylic acids is 2. The minimum Gasteiger partial charge on any atom is -0.444 e. The molecule has 0 aromatic heterocycles. The molecule has 0 radical (unpaired) electrons. The number of ether oxygens (including phenoxy) is 1. The summed E-state index contributed by atoms with van der Waals surface area (Å²) in [5.41, 5.74) is 0.301. The Morgan fingerprint density at radius 3 is 2.50 bits per heavy atom. The lowest BCUT2D eigenvalue weighted by molar-refractivity contribution is 0.0120. The van der Waals surface area contributed by atoms with Gasteiger partial charge in [-0.25, -0.2) is 4.79 Å². The van der Waals surface area contributed by atoms with Crippen molar-refractivity contribution >= 4 is 22.8 Å². The maximum atomic E-state index is 13.1. The third-order valence-electron chi connectivity index (χ3n) is 5.91. The smallest absolute Gasteiger partial charge is 0.410 e. The first-order valence-corrected chi connectivity index (χ1v) is 10.0. The van der Waals surface area contributed by atoms with Gasteiger partial charge in [0, 0.05) is 18.7 Å². The van der Waals surface area contributed by atoms with Crippen LogP contribution in [-0.4, -0.2) is 41.6 Å². The molecule has 5 nitrogen and oxygen atoms in total. The van der Waals surface area contributed by atoms with Gasteiger partial charge < -0.3 is 15.0 Å². The molecule has 1 spiro atoms. The highest BCUT2D eigenvalue weighted by Crippen LogP contribution is 2.53. The van der Waals surface area contributed by atoms with Gasteiger partial charge in [0.15, 0.2) is 0 Å². The van der Waals surface area contributed by atoms with Gasteiger partial charge in [0.05, 0.1) is 6.04 Å². The van der Waals surface area contributed by atoms with Gasteiger partial charge >= 0.3 is 6.09 Å². The molecule has 148 valence electrons. The van der Waals surface area contributed by atoms with Crippen LogP contribution in [0, 0.1) is 5.41 Å². The largest absolute Gasteiger partial charge is 0.444 e. The number of carbonyl (C=O) groups is 2. The SMILES string of the molecule is CC(C)(C)OC(=O)N1CCC2(CC2)C(NC(=O)c2cccc3ccccc23)C1. The second kappa shape index (κ2) is 6.80. The second-order valence-electron chi connectivity index (χ2n) is 9.09. The number of amides is 2. The lowest BCUT2D eigenvalue weighted by Gasteiger charge is -2.39. The molecule has 1 heterocycles. The Bertz CT molecular complexity index is 906. The van der Waals surface area contributed by atoms with Crippen LogP contribution in [0.5, 0.6) is 0 Å². The van der Waals surface area contributed by atoms with E-state index >= 15 is 0 Å². The zero-order valence-corrected chi connectivity index (χ0v) is 16.8. The Kier molecular flexibility index (Phi) is 4.56. The van der Waals surface area contributed by atoms with E-state index in [1.807, 2.05) is 63.2 Å². The van der Waals surface area contributed by atoms with Crippen LogP contribution in [0.2, 0.25) is 0 Å². The van der Waals surface area contributed by atoms with Crippen molar-refractivity contribution in [1.82, 2.24) is 10.2 Å². The van der Waals surface area contributed by atoms with Crippen molar-refractivity contribution in [2.24, 2.45) is 5.41 Å². The zero-order valence-electron chi connectivity index (χ0n) is 16.8. The monoisotopic (exact) mass is 380 g/mol. The van der Waals surface area contributed by atoms with Gasteiger partial charge in [0.25, 0.3) is 5.91 Å². The van der Waals surface area contributed by atoms with Gasteiger partial charge in [-0.05, 0) is 62.3 Å². The standard InChI is InChI=1S/C23H28N2O3/c1-22(2,3)28-21(27)25-14-13-23(11-12-23)19(15-25)24-20(26)18-10-6-8-16-7-4-5-9-17(16)18/h4-10,19H,11-15H2,1-3H3,(H,24,26). The molecule has 5 heteroatoms. The van der Waals surface area contributed by atoms with Gasteiger partial charge in [-0.3, -0.25) is 4.79 Å². The summed E-state index contributed by atoms with van der Waals surface area (Å²) in [5, 5.41) is 5.24. The van der Waals surface area contributed by atoms with Crippen LogP contribution in [0.1, 0.15) is 50.4 Å². The zero-order chi connectivity index (χ0) is 19.9. The highest BCUT2D eigenvalue weighted by atomic mass is 16.6. The number of hydrogen-bond donors (Lipinski definition) is 1. The Morgan fingerprint density at radius 2 is 1.79 bits per heavy atom. The normalized spacial score (nSPS) is 20.8. The summed E-state index contributed by atoms with van der Waals surface area (Å²) in [4.78, 5) is 27.4. The van der Waals surface area contributed by atoms with Gasteiger partial charge in [0.2, 0.25) is 0 Å². The van der Waals surface area contributed by atoms with Gasteiger partial charge in [-0.15, -0.1) is 0 Å². The first-order valence-electron chi connectivity index (χ1n) is 10.0. The molecule has 1 aliphatic carbocycles. The van der Waals surface area contributed by atoms with Gasteiger partial charge in [-0.1, -0.05) is 36.4 Å². The van der Waals surface area contributed by atoms with E-state index in [2.05, 4.69) is 5.32 Å². The van der Waals surface area contributed by atoms with E-state index in [9.17, 15) is 9.59 Å². The number of nitrogens with zero attached hydrogens (tertiary/aromatic N) is 1. The Hall–Kier alpha value is -2.56. The quantitative estimate of drug-likeness (QED) is 0.842. The van der Waals surface area contributed by atoms with E-state index in [4.69, 9.17) is 4.74 Å². The van der Waals surface area contributed by atoms with E-state index in [0.29, 0.717) is 18.7 Å². The number of likely N-dealkylation sites (tertiary alicyclic amines) is 1. The summed E-state index contributed by atoms with van der Waals surface area (Å²) >= 11 is 0. The summed E-state index contributed by atoms with van der Waals surface area (Å²) in [6.07, 6.45) is 2.82. The average Bonchev–Trinajstić information content (AvgIpc) is 3.42. The first kappa shape index (κ1) is 18.8. The van der Waals surface area contributed by atoms with Crippen LogP contribution in [0.15, 0.2) is 42.5 Å². The van der Waals surface area contributed by atoms with E-state index in [1.165, 1.54) is 0 Å². The lowest BCUT2D eigenvalue weighted by atomic mass is 9.88. The molecular formula is C23H28N2O3. The molecule has 1 aliphatic heterocycles.